The van der Waals surface area contributed by atoms with Crippen molar-refractivity contribution in [2.24, 2.45) is 0 Å². The van der Waals surface area contributed by atoms with E-state index >= 15 is 0 Å². The Morgan fingerprint density at radius 3 is 2.67 bits per heavy atom. The monoisotopic (exact) mass is 365 g/mol. The number of nitro benzene ring substituents is 1. The normalized spacial score (nSPS) is 9.88. The lowest BCUT2D eigenvalue weighted by molar-refractivity contribution is -0.383. The van der Waals surface area contributed by atoms with Gasteiger partial charge in [-0.05, 0) is 30.3 Å². The number of carbonyl (C=O) groups excluding carboxylic acids is 1. The van der Waals surface area contributed by atoms with E-state index in [9.17, 15) is 14.9 Å². The first-order valence-electron chi connectivity index (χ1n) is 6.47. The van der Waals surface area contributed by atoms with Gasteiger partial charge in [0.1, 0.15) is 11.4 Å². The Balaban J connectivity index is 2.04. The van der Waals surface area contributed by atoms with E-state index in [0.29, 0.717) is 5.56 Å². The molecule has 1 amide bonds. The Kier molecular flexibility index (Phi) is 5.58. The quantitative estimate of drug-likeness (QED) is 0.640. The highest BCUT2D eigenvalue weighted by Crippen LogP contribution is 2.28. The van der Waals surface area contributed by atoms with Crippen LogP contribution in [0.4, 0.5) is 11.4 Å². The van der Waals surface area contributed by atoms with Gasteiger partial charge in [0, 0.05) is 11.1 Å². The highest BCUT2D eigenvalue weighted by atomic mass is 35.5. The standard InChI is InChI=1S/C15H9Cl2N3O4/c16-10-2-3-12(13(6-10)20(22)23)19-15(21)8-24-14-4-1-9(7-18)5-11(14)17/h1-6H,8H2,(H,19,21). The molecule has 0 aliphatic rings. The molecule has 0 aromatic heterocycles. The maximum absolute atomic E-state index is 11.9. The third kappa shape index (κ3) is 4.35. The van der Waals surface area contributed by atoms with Crippen LogP contribution in [0.25, 0.3) is 0 Å². The Labute approximate surface area is 146 Å². The molecule has 0 heterocycles. The number of nitriles is 1. The molecule has 9 heteroatoms. The van der Waals surface area contributed by atoms with E-state index < -0.39 is 17.4 Å². The fraction of sp³-hybridized carbons (Fsp3) is 0.0667. The molecule has 0 unspecified atom stereocenters. The highest BCUT2D eigenvalue weighted by Gasteiger charge is 2.17. The van der Waals surface area contributed by atoms with Crippen molar-refractivity contribution < 1.29 is 14.5 Å². The second kappa shape index (κ2) is 7.64. The number of hydrogen-bond donors (Lipinski definition) is 1. The van der Waals surface area contributed by atoms with Crippen molar-refractivity contribution in [2.75, 3.05) is 11.9 Å². The minimum Gasteiger partial charge on any atom is -0.482 e. The summed E-state index contributed by atoms with van der Waals surface area (Å²) in [5.74, 6) is -0.391. The van der Waals surface area contributed by atoms with Crippen LogP contribution in [-0.2, 0) is 4.79 Å². The van der Waals surface area contributed by atoms with Crippen LogP contribution in [-0.4, -0.2) is 17.4 Å². The number of anilines is 1. The van der Waals surface area contributed by atoms with Crippen molar-refractivity contribution in [3.05, 3.63) is 62.1 Å². The maximum Gasteiger partial charge on any atom is 0.294 e. The van der Waals surface area contributed by atoms with Crippen LogP contribution in [0.5, 0.6) is 5.75 Å². The number of halogens is 2. The zero-order valence-electron chi connectivity index (χ0n) is 12.0. The van der Waals surface area contributed by atoms with E-state index in [-0.39, 0.29) is 27.2 Å². The molecule has 0 spiro atoms. The maximum atomic E-state index is 11.9. The predicted octanol–water partition coefficient (Wildman–Crippen LogP) is 3.79. The molecule has 0 aliphatic carbocycles. The van der Waals surface area contributed by atoms with Crippen LogP contribution in [0.3, 0.4) is 0 Å². The van der Waals surface area contributed by atoms with Crippen molar-refractivity contribution in [2.45, 2.75) is 0 Å². The first-order valence-corrected chi connectivity index (χ1v) is 7.22. The molecular formula is C15H9Cl2N3O4. The number of benzene rings is 2. The third-order valence-corrected chi connectivity index (χ3v) is 3.38. The van der Waals surface area contributed by atoms with E-state index in [1.165, 1.54) is 30.3 Å². The molecule has 2 aromatic rings. The zero-order chi connectivity index (χ0) is 17.7. The lowest BCUT2D eigenvalue weighted by Crippen LogP contribution is -2.20. The highest BCUT2D eigenvalue weighted by molar-refractivity contribution is 6.32. The molecule has 0 saturated carbocycles. The summed E-state index contributed by atoms with van der Waals surface area (Å²) in [4.78, 5) is 22.2. The summed E-state index contributed by atoms with van der Waals surface area (Å²) in [6, 6.07) is 10.1. The first-order chi connectivity index (χ1) is 11.4. The summed E-state index contributed by atoms with van der Waals surface area (Å²) >= 11 is 11.6. The van der Waals surface area contributed by atoms with Gasteiger partial charge in [-0.25, -0.2) is 0 Å². The van der Waals surface area contributed by atoms with Crippen molar-refractivity contribution in [3.8, 4) is 11.8 Å². The summed E-state index contributed by atoms with van der Waals surface area (Å²) < 4.78 is 5.25. The Morgan fingerprint density at radius 1 is 1.29 bits per heavy atom. The van der Waals surface area contributed by atoms with Gasteiger partial charge in [0.2, 0.25) is 0 Å². The largest absolute Gasteiger partial charge is 0.482 e. The van der Waals surface area contributed by atoms with Crippen LogP contribution in [0.1, 0.15) is 5.56 Å². The summed E-state index contributed by atoms with van der Waals surface area (Å²) in [6.07, 6.45) is 0. The second-order valence-corrected chi connectivity index (χ2v) is 5.36. The third-order valence-electron chi connectivity index (χ3n) is 2.85. The Hall–Kier alpha value is -2.82. The van der Waals surface area contributed by atoms with E-state index in [0.717, 1.165) is 6.07 Å². The second-order valence-electron chi connectivity index (χ2n) is 4.51. The minimum absolute atomic E-state index is 0.00363. The van der Waals surface area contributed by atoms with Crippen LogP contribution in [0.15, 0.2) is 36.4 Å². The predicted molar refractivity (Wildman–Crippen MR) is 88.4 cm³/mol. The molecule has 1 N–H and O–H groups in total. The molecule has 122 valence electrons. The van der Waals surface area contributed by atoms with Gasteiger partial charge in [-0.15, -0.1) is 0 Å². The van der Waals surface area contributed by atoms with Gasteiger partial charge in [0.25, 0.3) is 11.6 Å². The topological polar surface area (TPSA) is 105 Å². The molecule has 7 nitrogen and oxygen atoms in total. The van der Waals surface area contributed by atoms with Gasteiger partial charge in [0.05, 0.1) is 21.6 Å². The number of amides is 1. The van der Waals surface area contributed by atoms with Crippen molar-refractivity contribution in [1.29, 1.82) is 5.26 Å². The molecular weight excluding hydrogens is 357 g/mol. The average molecular weight is 366 g/mol. The Bertz CT molecular complexity index is 849. The zero-order valence-corrected chi connectivity index (χ0v) is 13.5. The molecule has 2 rings (SSSR count). The Morgan fingerprint density at radius 2 is 2.04 bits per heavy atom. The fourth-order valence-corrected chi connectivity index (χ4v) is 2.18. The molecule has 24 heavy (non-hydrogen) atoms. The molecule has 0 radical (unpaired) electrons. The molecule has 0 fully saturated rings. The number of nitrogens with one attached hydrogen (secondary N) is 1. The van der Waals surface area contributed by atoms with Crippen LogP contribution < -0.4 is 10.1 Å². The van der Waals surface area contributed by atoms with Crippen molar-refractivity contribution in [3.63, 3.8) is 0 Å². The van der Waals surface area contributed by atoms with Crippen molar-refractivity contribution in [1.82, 2.24) is 0 Å². The van der Waals surface area contributed by atoms with Crippen LogP contribution >= 0.6 is 23.2 Å². The minimum atomic E-state index is -0.653. The SMILES string of the molecule is N#Cc1ccc(OCC(=O)Nc2ccc(Cl)cc2[N+](=O)[O-])c(Cl)c1. The van der Waals surface area contributed by atoms with Gasteiger partial charge in [-0.3, -0.25) is 14.9 Å². The summed E-state index contributed by atoms with van der Waals surface area (Å²) in [6.45, 7) is -0.411. The molecule has 2 aromatic carbocycles. The first kappa shape index (κ1) is 17.5. The lowest BCUT2D eigenvalue weighted by Gasteiger charge is -2.09. The molecule has 0 aliphatic heterocycles. The fourth-order valence-electron chi connectivity index (χ4n) is 1.78. The average Bonchev–Trinajstić information content (AvgIpc) is 2.55. The number of rotatable bonds is 5. The van der Waals surface area contributed by atoms with Crippen molar-refractivity contribution >= 4 is 40.5 Å². The summed E-state index contributed by atoms with van der Waals surface area (Å²) in [5.41, 5.74) is 0.0322. The van der Waals surface area contributed by atoms with Gasteiger partial charge < -0.3 is 10.1 Å². The van der Waals surface area contributed by atoms with Gasteiger partial charge >= 0.3 is 0 Å². The number of ether oxygens (including phenoxy) is 1. The van der Waals surface area contributed by atoms with E-state index in [1.807, 2.05) is 6.07 Å². The van der Waals surface area contributed by atoms with E-state index in [1.54, 1.807) is 0 Å². The lowest BCUT2D eigenvalue weighted by atomic mass is 10.2. The summed E-state index contributed by atoms with van der Waals surface area (Å²) in [7, 11) is 0. The number of nitrogens with zero attached hydrogens (tertiary/aromatic N) is 2. The van der Waals surface area contributed by atoms with Gasteiger partial charge in [-0.2, -0.15) is 5.26 Å². The smallest absolute Gasteiger partial charge is 0.294 e. The van der Waals surface area contributed by atoms with E-state index in [2.05, 4.69) is 5.32 Å². The van der Waals surface area contributed by atoms with Crippen LogP contribution in [0, 0.1) is 21.4 Å². The van der Waals surface area contributed by atoms with Gasteiger partial charge in [-0.1, -0.05) is 23.2 Å². The number of carbonyl (C=O) groups is 1. The molecule has 0 bridgehead atoms. The van der Waals surface area contributed by atoms with E-state index in [4.69, 9.17) is 33.2 Å². The molecule has 0 atom stereocenters. The van der Waals surface area contributed by atoms with Gasteiger partial charge in [0.15, 0.2) is 6.61 Å². The summed E-state index contributed by atoms with van der Waals surface area (Å²) in [5, 5.41) is 22.4. The molecule has 0 saturated heterocycles. The van der Waals surface area contributed by atoms with Crippen LogP contribution in [0.2, 0.25) is 10.0 Å². The number of hydrogen-bond acceptors (Lipinski definition) is 5. The number of nitro groups is 1.